The summed E-state index contributed by atoms with van der Waals surface area (Å²) in [5.74, 6) is -0.218. The van der Waals surface area contributed by atoms with Crippen molar-refractivity contribution in [1.29, 1.82) is 0 Å². The zero-order valence-electron chi connectivity index (χ0n) is 9.91. The quantitative estimate of drug-likeness (QED) is 0.673. The van der Waals surface area contributed by atoms with Gasteiger partial charge in [0.05, 0.1) is 0 Å². The van der Waals surface area contributed by atoms with Gasteiger partial charge >= 0.3 is 0 Å². The Morgan fingerprint density at radius 1 is 1.38 bits per heavy atom. The van der Waals surface area contributed by atoms with Crippen molar-refractivity contribution in [2.45, 2.75) is 19.8 Å². The van der Waals surface area contributed by atoms with Gasteiger partial charge in [-0.05, 0) is 36.8 Å². The van der Waals surface area contributed by atoms with Gasteiger partial charge in [0.2, 0.25) is 0 Å². The molecule has 0 amide bonds. The highest BCUT2D eigenvalue weighted by Gasteiger charge is 2.01. The fourth-order valence-electron chi connectivity index (χ4n) is 1.33. The van der Waals surface area contributed by atoms with Gasteiger partial charge in [0.15, 0.2) is 0 Å². The molecule has 1 nitrogen and oxygen atoms in total. The van der Waals surface area contributed by atoms with Gasteiger partial charge in [-0.15, -0.1) is 0 Å². The summed E-state index contributed by atoms with van der Waals surface area (Å²) in [7, 11) is 1.92. The third-order valence-corrected chi connectivity index (χ3v) is 2.41. The van der Waals surface area contributed by atoms with Gasteiger partial charge in [0, 0.05) is 18.4 Å². The smallest absolute Gasteiger partial charge is 0.123 e. The molecule has 1 rings (SSSR count). The second-order valence-corrected chi connectivity index (χ2v) is 3.72. The Hall–Kier alpha value is -1.57. The first kappa shape index (κ1) is 12.5. The maximum atomic E-state index is 12.7. The number of anilines is 1. The SMILES string of the molecule is C=C(C=CCCC)N(C)c1ccc(F)cc1. The molecule has 0 spiro atoms. The average Bonchev–Trinajstić information content (AvgIpc) is 2.29. The topological polar surface area (TPSA) is 3.24 Å². The molecule has 86 valence electrons. The van der Waals surface area contributed by atoms with Crippen LogP contribution in [0, 0.1) is 5.82 Å². The molecule has 0 heterocycles. The maximum Gasteiger partial charge on any atom is 0.123 e. The second kappa shape index (κ2) is 6.11. The van der Waals surface area contributed by atoms with E-state index in [0.29, 0.717) is 0 Å². The molecule has 16 heavy (non-hydrogen) atoms. The number of hydrogen-bond donors (Lipinski definition) is 0. The van der Waals surface area contributed by atoms with E-state index in [1.165, 1.54) is 12.1 Å². The molecule has 0 saturated heterocycles. The van der Waals surface area contributed by atoms with E-state index in [2.05, 4.69) is 19.6 Å². The summed E-state index contributed by atoms with van der Waals surface area (Å²) in [5.41, 5.74) is 1.84. The van der Waals surface area contributed by atoms with E-state index in [9.17, 15) is 4.39 Å². The van der Waals surface area contributed by atoms with Gasteiger partial charge in [-0.25, -0.2) is 4.39 Å². The van der Waals surface area contributed by atoms with Crippen LogP contribution in [-0.4, -0.2) is 7.05 Å². The standard InChI is InChI=1S/C14H18FN/c1-4-5-6-7-12(2)16(3)14-10-8-13(15)9-11-14/h6-11H,2,4-5H2,1,3H3. The van der Waals surface area contributed by atoms with Crippen LogP contribution in [0.2, 0.25) is 0 Å². The van der Waals surface area contributed by atoms with Crippen LogP contribution < -0.4 is 4.90 Å². The lowest BCUT2D eigenvalue weighted by Gasteiger charge is -2.19. The fraction of sp³-hybridized carbons (Fsp3) is 0.286. The van der Waals surface area contributed by atoms with Gasteiger partial charge in [-0.1, -0.05) is 26.0 Å². The molecule has 0 unspecified atom stereocenters. The Kier molecular flexibility index (Phi) is 4.77. The Morgan fingerprint density at radius 2 is 2.00 bits per heavy atom. The lowest BCUT2D eigenvalue weighted by Crippen LogP contribution is -2.13. The highest BCUT2D eigenvalue weighted by Crippen LogP contribution is 2.17. The monoisotopic (exact) mass is 219 g/mol. The van der Waals surface area contributed by atoms with Crippen molar-refractivity contribution < 1.29 is 4.39 Å². The predicted octanol–water partition coefficient (Wildman–Crippen LogP) is 4.13. The lowest BCUT2D eigenvalue weighted by atomic mass is 10.2. The number of unbranched alkanes of at least 4 members (excludes halogenated alkanes) is 1. The first-order valence-corrected chi connectivity index (χ1v) is 5.50. The van der Waals surface area contributed by atoms with E-state index in [0.717, 1.165) is 24.2 Å². The van der Waals surface area contributed by atoms with Gasteiger partial charge in [0.1, 0.15) is 5.82 Å². The summed E-state index contributed by atoms with van der Waals surface area (Å²) in [5, 5.41) is 0. The molecule has 0 aliphatic heterocycles. The van der Waals surface area contributed by atoms with Crippen molar-refractivity contribution in [2.75, 3.05) is 11.9 Å². The van der Waals surface area contributed by atoms with Gasteiger partial charge in [-0.3, -0.25) is 0 Å². The summed E-state index contributed by atoms with van der Waals surface area (Å²) >= 11 is 0. The molecule has 0 radical (unpaired) electrons. The average molecular weight is 219 g/mol. The van der Waals surface area contributed by atoms with E-state index in [-0.39, 0.29) is 5.82 Å². The first-order valence-electron chi connectivity index (χ1n) is 5.50. The third-order valence-electron chi connectivity index (χ3n) is 2.41. The number of halogens is 1. The minimum Gasteiger partial charge on any atom is -0.345 e. The Bertz CT molecular complexity index is 365. The Morgan fingerprint density at radius 3 is 2.56 bits per heavy atom. The van der Waals surface area contributed by atoms with Crippen molar-refractivity contribution in [2.24, 2.45) is 0 Å². The Balaban J connectivity index is 2.66. The molecule has 0 atom stereocenters. The Labute approximate surface area is 96.9 Å². The molecule has 1 aromatic rings. The van der Waals surface area contributed by atoms with E-state index >= 15 is 0 Å². The number of likely N-dealkylation sites (N-methyl/N-ethyl adjacent to an activating group) is 1. The number of nitrogens with zero attached hydrogens (tertiary/aromatic N) is 1. The third kappa shape index (κ3) is 3.54. The van der Waals surface area contributed by atoms with E-state index in [1.54, 1.807) is 12.1 Å². The first-order chi connectivity index (χ1) is 7.65. The normalized spacial score (nSPS) is 10.7. The van der Waals surface area contributed by atoms with E-state index in [1.807, 2.05) is 18.0 Å². The highest BCUT2D eigenvalue weighted by molar-refractivity contribution is 5.52. The van der Waals surface area contributed by atoms with Crippen molar-refractivity contribution in [3.63, 3.8) is 0 Å². The number of allylic oxidation sites excluding steroid dienone is 2. The van der Waals surface area contributed by atoms with Crippen LogP contribution in [0.4, 0.5) is 10.1 Å². The summed E-state index contributed by atoms with van der Waals surface area (Å²) in [6.45, 7) is 6.11. The van der Waals surface area contributed by atoms with Crippen LogP contribution in [0.15, 0.2) is 48.7 Å². The molecule has 0 bridgehead atoms. The van der Waals surface area contributed by atoms with Crippen LogP contribution in [0.25, 0.3) is 0 Å². The number of hydrogen-bond acceptors (Lipinski definition) is 1. The van der Waals surface area contributed by atoms with Crippen LogP contribution in [0.1, 0.15) is 19.8 Å². The van der Waals surface area contributed by atoms with E-state index < -0.39 is 0 Å². The molecular weight excluding hydrogens is 201 g/mol. The number of rotatable bonds is 5. The van der Waals surface area contributed by atoms with Crippen molar-refractivity contribution >= 4 is 5.69 Å². The largest absolute Gasteiger partial charge is 0.345 e. The predicted molar refractivity (Wildman–Crippen MR) is 68.0 cm³/mol. The van der Waals surface area contributed by atoms with Crippen molar-refractivity contribution in [3.05, 3.63) is 54.5 Å². The summed E-state index contributed by atoms with van der Waals surface area (Å²) in [4.78, 5) is 1.94. The van der Waals surface area contributed by atoms with Crippen LogP contribution >= 0.6 is 0 Å². The van der Waals surface area contributed by atoms with Crippen LogP contribution in [0.5, 0.6) is 0 Å². The highest BCUT2D eigenvalue weighted by atomic mass is 19.1. The fourth-order valence-corrected chi connectivity index (χ4v) is 1.33. The zero-order chi connectivity index (χ0) is 12.0. The molecule has 0 aromatic heterocycles. The van der Waals surface area contributed by atoms with Gasteiger partial charge < -0.3 is 4.90 Å². The summed E-state index contributed by atoms with van der Waals surface area (Å²) in [6.07, 6.45) is 6.27. The van der Waals surface area contributed by atoms with Crippen molar-refractivity contribution in [3.8, 4) is 0 Å². The van der Waals surface area contributed by atoms with Crippen LogP contribution in [0.3, 0.4) is 0 Å². The van der Waals surface area contributed by atoms with Crippen molar-refractivity contribution in [1.82, 2.24) is 0 Å². The molecule has 0 saturated carbocycles. The van der Waals surface area contributed by atoms with Crippen LogP contribution in [-0.2, 0) is 0 Å². The lowest BCUT2D eigenvalue weighted by molar-refractivity contribution is 0.628. The number of benzene rings is 1. The summed E-state index contributed by atoms with van der Waals surface area (Å²) in [6, 6.07) is 6.39. The molecule has 0 N–H and O–H groups in total. The van der Waals surface area contributed by atoms with Gasteiger partial charge in [-0.2, -0.15) is 0 Å². The minimum atomic E-state index is -0.218. The minimum absolute atomic E-state index is 0.218. The zero-order valence-corrected chi connectivity index (χ0v) is 9.91. The molecule has 0 aliphatic carbocycles. The molecule has 0 fully saturated rings. The molecule has 2 heteroatoms. The van der Waals surface area contributed by atoms with Gasteiger partial charge in [0.25, 0.3) is 0 Å². The second-order valence-electron chi connectivity index (χ2n) is 3.72. The maximum absolute atomic E-state index is 12.7. The van der Waals surface area contributed by atoms with E-state index in [4.69, 9.17) is 0 Å². The molecule has 1 aromatic carbocycles. The molecule has 0 aliphatic rings. The molecular formula is C14H18FN. The summed E-state index contributed by atoms with van der Waals surface area (Å²) < 4.78 is 12.7.